The molecule has 2 nitrogen and oxygen atoms in total. The van der Waals surface area contributed by atoms with Crippen LogP contribution in [0.1, 0.15) is 0 Å². The SMILES string of the molecule is c1ccc(-c2c(-c3c4ccccc4c(-c4cc(-c5ccccc5)c5oc6ccc7oc8ccccc8c7c6c5c4)c4ccccc34)ccc3ccccc23)cc1. The van der Waals surface area contributed by atoms with Crippen LogP contribution < -0.4 is 0 Å². The Labute approximate surface area is 322 Å². The summed E-state index contributed by atoms with van der Waals surface area (Å²) in [6, 6.07) is 69.8. The standard InChI is InChI=1S/C54H32O2/c1-3-15-33(16-4-1)44-31-36(32-45-53-48(56-54(44)45)30-29-47-52(53)42-25-13-14-26-46(42)55-47)50-38-21-9-11-23-40(38)51(41-24-12-10-22-39(41)50)43-28-27-34-17-7-8-20-37(34)49(43)35-18-5-2-6-19-35/h1-32H. The summed E-state index contributed by atoms with van der Waals surface area (Å²) in [4.78, 5) is 0. The highest BCUT2D eigenvalue weighted by Crippen LogP contribution is 2.50. The molecule has 260 valence electrons. The maximum atomic E-state index is 6.86. The second-order valence-electron chi connectivity index (χ2n) is 14.7. The number of benzene rings is 10. The van der Waals surface area contributed by atoms with Gasteiger partial charge in [-0.3, -0.25) is 0 Å². The first-order valence-electron chi connectivity index (χ1n) is 19.2. The van der Waals surface area contributed by atoms with E-state index in [4.69, 9.17) is 8.83 Å². The molecule has 2 heteroatoms. The Kier molecular flexibility index (Phi) is 6.66. The summed E-state index contributed by atoms with van der Waals surface area (Å²) in [6.45, 7) is 0. The molecule has 2 heterocycles. The topological polar surface area (TPSA) is 26.3 Å². The predicted molar refractivity (Wildman–Crippen MR) is 235 cm³/mol. The van der Waals surface area contributed by atoms with Crippen molar-refractivity contribution in [1.29, 1.82) is 0 Å². The Morgan fingerprint density at radius 1 is 0.268 bits per heavy atom. The van der Waals surface area contributed by atoms with Crippen LogP contribution in [0.5, 0.6) is 0 Å². The lowest BCUT2D eigenvalue weighted by Gasteiger charge is -2.21. The van der Waals surface area contributed by atoms with E-state index in [0.717, 1.165) is 60.6 Å². The Hall–Kier alpha value is -7.42. The van der Waals surface area contributed by atoms with Crippen LogP contribution in [0.25, 0.3) is 121 Å². The van der Waals surface area contributed by atoms with E-state index in [9.17, 15) is 0 Å². The molecule has 0 amide bonds. The first-order valence-corrected chi connectivity index (χ1v) is 19.2. The molecule has 10 aromatic carbocycles. The lowest BCUT2D eigenvalue weighted by molar-refractivity contribution is 0.663. The first-order chi connectivity index (χ1) is 27.8. The molecule has 0 radical (unpaired) electrons. The summed E-state index contributed by atoms with van der Waals surface area (Å²) in [5, 5.41) is 11.7. The summed E-state index contributed by atoms with van der Waals surface area (Å²) in [7, 11) is 0. The van der Waals surface area contributed by atoms with Crippen molar-refractivity contribution in [2.24, 2.45) is 0 Å². The molecule has 0 aliphatic heterocycles. The Bertz CT molecular complexity index is 3460. The van der Waals surface area contributed by atoms with E-state index in [1.165, 1.54) is 60.1 Å². The Morgan fingerprint density at radius 2 is 0.804 bits per heavy atom. The van der Waals surface area contributed by atoms with Crippen LogP contribution in [0.3, 0.4) is 0 Å². The van der Waals surface area contributed by atoms with Gasteiger partial charge in [0.1, 0.15) is 22.3 Å². The lowest BCUT2D eigenvalue weighted by Crippen LogP contribution is -1.94. The Balaban J connectivity index is 1.23. The maximum Gasteiger partial charge on any atom is 0.143 e. The molecular weight excluding hydrogens is 681 g/mol. The third kappa shape index (κ3) is 4.50. The molecule has 0 spiro atoms. The third-order valence-electron chi connectivity index (χ3n) is 11.6. The van der Waals surface area contributed by atoms with Gasteiger partial charge in [0, 0.05) is 27.1 Å². The zero-order valence-corrected chi connectivity index (χ0v) is 30.3. The van der Waals surface area contributed by atoms with E-state index < -0.39 is 0 Å². The van der Waals surface area contributed by atoms with Gasteiger partial charge < -0.3 is 8.83 Å². The average molecular weight is 713 g/mol. The van der Waals surface area contributed by atoms with Crippen molar-refractivity contribution >= 4 is 76.2 Å². The van der Waals surface area contributed by atoms with E-state index >= 15 is 0 Å². The molecule has 0 unspecified atom stereocenters. The quantitative estimate of drug-likeness (QED) is 0.170. The van der Waals surface area contributed by atoms with Gasteiger partial charge in [0.05, 0.1) is 0 Å². The first kappa shape index (κ1) is 31.0. The van der Waals surface area contributed by atoms with Crippen LogP contribution in [0.4, 0.5) is 0 Å². The van der Waals surface area contributed by atoms with Gasteiger partial charge in [0.15, 0.2) is 0 Å². The molecule has 56 heavy (non-hydrogen) atoms. The molecule has 12 rings (SSSR count). The smallest absolute Gasteiger partial charge is 0.143 e. The van der Waals surface area contributed by atoms with Gasteiger partial charge in [-0.05, 0) is 102 Å². The molecule has 12 aromatic rings. The molecule has 2 aromatic heterocycles. The zero-order chi connectivity index (χ0) is 36.7. The van der Waals surface area contributed by atoms with Gasteiger partial charge in [-0.15, -0.1) is 0 Å². The van der Waals surface area contributed by atoms with Crippen molar-refractivity contribution < 1.29 is 8.83 Å². The molecule has 0 bridgehead atoms. The summed E-state index contributed by atoms with van der Waals surface area (Å²) in [6.07, 6.45) is 0. The van der Waals surface area contributed by atoms with Gasteiger partial charge in [-0.2, -0.15) is 0 Å². The van der Waals surface area contributed by atoms with Gasteiger partial charge in [0.2, 0.25) is 0 Å². The van der Waals surface area contributed by atoms with Crippen molar-refractivity contribution in [1.82, 2.24) is 0 Å². The van der Waals surface area contributed by atoms with E-state index in [0.29, 0.717) is 0 Å². The minimum absolute atomic E-state index is 0.850. The fourth-order valence-electron chi connectivity index (χ4n) is 9.29. The van der Waals surface area contributed by atoms with E-state index in [-0.39, 0.29) is 0 Å². The summed E-state index contributed by atoms with van der Waals surface area (Å²) in [5.41, 5.74) is 12.9. The third-order valence-corrected chi connectivity index (χ3v) is 11.6. The number of para-hydroxylation sites is 1. The van der Waals surface area contributed by atoms with Crippen molar-refractivity contribution in [3.8, 4) is 44.5 Å². The summed E-state index contributed by atoms with van der Waals surface area (Å²) >= 11 is 0. The Morgan fingerprint density at radius 3 is 1.50 bits per heavy atom. The number of fused-ring (bicyclic) bond motifs is 10. The monoisotopic (exact) mass is 712 g/mol. The molecule has 0 aliphatic carbocycles. The van der Waals surface area contributed by atoms with E-state index in [1.807, 2.05) is 18.2 Å². The highest BCUT2D eigenvalue weighted by atomic mass is 16.3. The maximum absolute atomic E-state index is 6.86. The fraction of sp³-hybridized carbons (Fsp3) is 0. The van der Waals surface area contributed by atoms with Crippen LogP contribution in [0, 0.1) is 0 Å². The number of hydrogen-bond acceptors (Lipinski definition) is 2. The largest absolute Gasteiger partial charge is 0.456 e. The van der Waals surface area contributed by atoms with Crippen molar-refractivity contribution in [2.45, 2.75) is 0 Å². The highest BCUT2D eigenvalue weighted by Gasteiger charge is 2.24. The number of furan rings is 2. The van der Waals surface area contributed by atoms with Gasteiger partial charge >= 0.3 is 0 Å². The van der Waals surface area contributed by atoms with E-state index in [2.05, 4.69) is 176 Å². The number of hydrogen-bond donors (Lipinski definition) is 0. The van der Waals surface area contributed by atoms with Crippen LogP contribution in [-0.2, 0) is 0 Å². The molecule has 0 N–H and O–H groups in total. The van der Waals surface area contributed by atoms with Crippen LogP contribution >= 0.6 is 0 Å². The van der Waals surface area contributed by atoms with Crippen LogP contribution in [0.2, 0.25) is 0 Å². The second-order valence-corrected chi connectivity index (χ2v) is 14.7. The fourth-order valence-corrected chi connectivity index (χ4v) is 9.29. The zero-order valence-electron chi connectivity index (χ0n) is 30.3. The van der Waals surface area contributed by atoms with Gasteiger partial charge in [-0.25, -0.2) is 0 Å². The van der Waals surface area contributed by atoms with Crippen molar-refractivity contribution in [3.05, 3.63) is 194 Å². The minimum atomic E-state index is 0.850. The molecule has 0 atom stereocenters. The van der Waals surface area contributed by atoms with Gasteiger partial charge in [-0.1, -0.05) is 164 Å². The van der Waals surface area contributed by atoms with Crippen LogP contribution in [0.15, 0.2) is 203 Å². The predicted octanol–water partition coefficient (Wildman–Crippen LogP) is 15.6. The molecular formula is C54H32O2. The van der Waals surface area contributed by atoms with E-state index in [1.54, 1.807) is 0 Å². The molecule has 0 fully saturated rings. The molecule has 0 aliphatic rings. The summed E-state index contributed by atoms with van der Waals surface area (Å²) < 4.78 is 13.3. The average Bonchev–Trinajstić information content (AvgIpc) is 3.84. The van der Waals surface area contributed by atoms with Crippen molar-refractivity contribution in [2.75, 3.05) is 0 Å². The minimum Gasteiger partial charge on any atom is -0.456 e. The van der Waals surface area contributed by atoms with Crippen LogP contribution in [-0.4, -0.2) is 0 Å². The summed E-state index contributed by atoms with van der Waals surface area (Å²) in [5.74, 6) is 0. The normalized spacial score (nSPS) is 11.9. The highest BCUT2D eigenvalue weighted by molar-refractivity contribution is 6.29. The molecule has 0 saturated carbocycles. The molecule has 0 saturated heterocycles. The van der Waals surface area contributed by atoms with Gasteiger partial charge in [0.25, 0.3) is 0 Å². The van der Waals surface area contributed by atoms with Crippen molar-refractivity contribution in [3.63, 3.8) is 0 Å². The second kappa shape index (κ2) is 12.0. The lowest BCUT2D eigenvalue weighted by atomic mass is 9.82. The number of rotatable bonds is 4.